The summed E-state index contributed by atoms with van der Waals surface area (Å²) in [5.74, 6) is -2.00. The van der Waals surface area contributed by atoms with E-state index in [9.17, 15) is 13.2 Å². The molecular formula is C7H12F3NO. The van der Waals surface area contributed by atoms with E-state index >= 15 is 0 Å². The van der Waals surface area contributed by atoms with Crippen molar-refractivity contribution in [2.24, 2.45) is 11.8 Å². The van der Waals surface area contributed by atoms with E-state index < -0.39 is 24.6 Å². The van der Waals surface area contributed by atoms with Crippen molar-refractivity contribution in [3.8, 4) is 0 Å². The van der Waals surface area contributed by atoms with Crippen LogP contribution in [0.2, 0.25) is 0 Å². The number of aliphatic hydroxyl groups excluding tert-OH is 1. The van der Waals surface area contributed by atoms with E-state index in [1.54, 1.807) is 0 Å². The Hall–Kier alpha value is -0.290. The number of rotatable bonds is 1. The predicted molar refractivity (Wildman–Crippen MR) is 37.6 cm³/mol. The van der Waals surface area contributed by atoms with Gasteiger partial charge in [0.1, 0.15) is 0 Å². The highest BCUT2D eigenvalue weighted by Crippen LogP contribution is 2.35. The molecular weight excluding hydrogens is 171 g/mol. The van der Waals surface area contributed by atoms with E-state index in [2.05, 4.69) is 5.32 Å². The highest BCUT2D eigenvalue weighted by atomic mass is 19.4. The van der Waals surface area contributed by atoms with Gasteiger partial charge in [0.25, 0.3) is 0 Å². The summed E-state index contributed by atoms with van der Waals surface area (Å²) in [5.41, 5.74) is 0. The molecule has 2 unspecified atom stereocenters. The maximum atomic E-state index is 12.2. The maximum absolute atomic E-state index is 12.2. The molecule has 0 spiro atoms. The van der Waals surface area contributed by atoms with Crippen molar-refractivity contribution in [2.45, 2.75) is 12.6 Å². The van der Waals surface area contributed by atoms with Gasteiger partial charge in [0.2, 0.25) is 0 Å². The molecule has 0 bridgehead atoms. The lowest BCUT2D eigenvalue weighted by Gasteiger charge is -2.32. The number of halogens is 3. The third kappa shape index (κ3) is 2.10. The Balaban J connectivity index is 2.59. The SMILES string of the molecule is OCC1CNCCC1C(F)(F)F. The van der Waals surface area contributed by atoms with Gasteiger partial charge >= 0.3 is 6.18 Å². The first-order valence-electron chi connectivity index (χ1n) is 3.94. The average molecular weight is 183 g/mol. The van der Waals surface area contributed by atoms with Gasteiger partial charge in [-0.15, -0.1) is 0 Å². The molecule has 0 aromatic rings. The van der Waals surface area contributed by atoms with Gasteiger partial charge in [-0.3, -0.25) is 0 Å². The van der Waals surface area contributed by atoms with Crippen LogP contribution in [0.5, 0.6) is 0 Å². The van der Waals surface area contributed by atoms with Crippen LogP contribution < -0.4 is 5.32 Å². The molecule has 1 rings (SSSR count). The predicted octanol–water partition coefficient (Wildman–Crippen LogP) is 0.767. The van der Waals surface area contributed by atoms with Gasteiger partial charge in [0, 0.05) is 19.1 Å². The number of alkyl halides is 3. The smallest absolute Gasteiger partial charge is 0.392 e. The van der Waals surface area contributed by atoms with Crippen molar-refractivity contribution in [3.05, 3.63) is 0 Å². The molecule has 0 aliphatic carbocycles. The summed E-state index contributed by atoms with van der Waals surface area (Å²) in [6.07, 6.45) is -4.08. The Morgan fingerprint density at radius 3 is 2.50 bits per heavy atom. The number of piperidine rings is 1. The minimum absolute atomic E-state index is 0.0781. The fourth-order valence-corrected chi connectivity index (χ4v) is 1.55. The Kier molecular flexibility index (Phi) is 2.95. The van der Waals surface area contributed by atoms with Crippen molar-refractivity contribution >= 4 is 0 Å². The van der Waals surface area contributed by atoms with E-state index in [0.717, 1.165) is 0 Å². The Labute approximate surface area is 68.8 Å². The molecule has 2 nitrogen and oxygen atoms in total. The van der Waals surface area contributed by atoms with Crippen molar-refractivity contribution in [1.29, 1.82) is 0 Å². The number of hydrogen-bond donors (Lipinski definition) is 2. The fraction of sp³-hybridized carbons (Fsp3) is 1.00. The van der Waals surface area contributed by atoms with Crippen LogP contribution in [0.3, 0.4) is 0 Å². The van der Waals surface area contributed by atoms with Gasteiger partial charge in [-0.05, 0) is 13.0 Å². The second-order valence-corrected chi connectivity index (χ2v) is 3.08. The first-order chi connectivity index (χ1) is 5.55. The molecule has 5 heteroatoms. The Bertz CT molecular complexity index is 148. The van der Waals surface area contributed by atoms with Crippen LogP contribution >= 0.6 is 0 Å². The monoisotopic (exact) mass is 183 g/mol. The summed E-state index contributed by atoms with van der Waals surface area (Å²) in [5, 5.41) is 11.5. The van der Waals surface area contributed by atoms with Crippen LogP contribution in [0.4, 0.5) is 13.2 Å². The Morgan fingerprint density at radius 1 is 1.42 bits per heavy atom. The molecule has 0 radical (unpaired) electrons. The highest BCUT2D eigenvalue weighted by molar-refractivity contribution is 4.82. The van der Waals surface area contributed by atoms with Gasteiger partial charge < -0.3 is 10.4 Å². The lowest BCUT2D eigenvalue weighted by atomic mass is 9.86. The summed E-state index contributed by atoms with van der Waals surface area (Å²) >= 11 is 0. The summed E-state index contributed by atoms with van der Waals surface area (Å²) in [6, 6.07) is 0. The minimum Gasteiger partial charge on any atom is -0.396 e. The molecule has 72 valence electrons. The molecule has 1 fully saturated rings. The molecule has 1 aliphatic heterocycles. The molecule has 1 aliphatic rings. The van der Waals surface area contributed by atoms with E-state index in [1.807, 2.05) is 0 Å². The van der Waals surface area contributed by atoms with Gasteiger partial charge in [0.15, 0.2) is 0 Å². The topological polar surface area (TPSA) is 32.3 Å². The zero-order valence-corrected chi connectivity index (χ0v) is 6.56. The van der Waals surface area contributed by atoms with E-state index in [-0.39, 0.29) is 13.0 Å². The summed E-state index contributed by atoms with van der Waals surface area (Å²) in [6.45, 7) is 0.262. The van der Waals surface area contributed by atoms with Gasteiger partial charge in [-0.1, -0.05) is 0 Å². The standard InChI is InChI=1S/C7H12F3NO/c8-7(9,10)6-1-2-11-3-5(6)4-12/h5-6,11-12H,1-4H2. The zero-order chi connectivity index (χ0) is 9.19. The molecule has 2 atom stereocenters. The van der Waals surface area contributed by atoms with Crippen LogP contribution in [0, 0.1) is 11.8 Å². The first-order valence-corrected chi connectivity index (χ1v) is 3.94. The maximum Gasteiger partial charge on any atom is 0.392 e. The largest absolute Gasteiger partial charge is 0.396 e. The van der Waals surface area contributed by atoms with Crippen LogP contribution in [0.25, 0.3) is 0 Å². The van der Waals surface area contributed by atoms with Crippen LogP contribution in [0.1, 0.15) is 6.42 Å². The first kappa shape index (κ1) is 9.80. The lowest BCUT2D eigenvalue weighted by molar-refractivity contribution is -0.197. The van der Waals surface area contributed by atoms with E-state index in [4.69, 9.17) is 5.11 Å². The molecule has 1 heterocycles. The number of hydrogen-bond acceptors (Lipinski definition) is 2. The molecule has 1 saturated heterocycles. The van der Waals surface area contributed by atoms with Crippen LogP contribution in [-0.2, 0) is 0 Å². The van der Waals surface area contributed by atoms with Crippen LogP contribution in [0.15, 0.2) is 0 Å². The van der Waals surface area contributed by atoms with Crippen molar-refractivity contribution in [3.63, 3.8) is 0 Å². The zero-order valence-electron chi connectivity index (χ0n) is 6.56. The van der Waals surface area contributed by atoms with Crippen LogP contribution in [-0.4, -0.2) is 31.0 Å². The summed E-state index contributed by atoms with van der Waals surface area (Å²) < 4.78 is 36.7. The molecule has 0 aromatic carbocycles. The minimum atomic E-state index is -4.16. The van der Waals surface area contributed by atoms with Gasteiger partial charge in [-0.2, -0.15) is 13.2 Å². The lowest BCUT2D eigenvalue weighted by Crippen LogP contribution is -2.44. The van der Waals surface area contributed by atoms with Crippen molar-refractivity contribution in [2.75, 3.05) is 19.7 Å². The Morgan fingerprint density at radius 2 is 2.08 bits per heavy atom. The summed E-state index contributed by atoms with van der Waals surface area (Å²) in [7, 11) is 0. The van der Waals surface area contributed by atoms with Gasteiger partial charge in [0.05, 0.1) is 5.92 Å². The fourth-order valence-electron chi connectivity index (χ4n) is 1.55. The molecule has 0 amide bonds. The summed E-state index contributed by atoms with van der Waals surface area (Å²) in [4.78, 5) is 0. The number of aliphatic hydroxyl groups is 1. The highest BCUT2D eigenvalue weighted by Gasteiger charge is 2.44. The second kappa shape index (κ2) is 3.62. The van der Waals surface area contributed by atoms with Crippen molar-refractivity contribution in [1.82, 2.24) is 5.32 Å². The molecule has 0 saturated carbocycles. The molecule has 2 N–H and O–H groups in total. The second-order valence-electron chi connectivity index (χ2n) is 3.08. The van der Waals surface area contributed by atoms with E-state index in [1.165, 1.54) is 0 Å². The average Bonchev–Trinajstić information content (AvgIpc) is 2.03. The third-order valence-electron chi connectivity index (χ3n) is 2.26. The molecule has 0 aromatic heterocycles. The van der Waals surface area contributed by atoms with Crippen molar-refractivity contribution < 1.29 is 18.3 Å². The third-order valence-corrected chi connectivity index (χ3v) is 2.26. The van der Waals surface area contributed by atoms with Gasteiger partial charge in [-0.25, -0.2) is 0 Å². The normalized spacial score (nSPS) is 32.0. The van der Waals surface area contributed by atoms with E-state index in [0.29, 0.717) is 6.54 Å². The molecule has 12 heavy (non-hydrogen) atoms. The number of nitrogens with one attached hydrogen (secondary N) is 1. The quantitative estimate of drug-likeness (QED) is 0.629.